The highest BCUT2D eigenvalue weighted by Crippen LogP contribution is 2.19. The molecule has 0 aliphatic carbocycles. The average Bonchev–Trinajstić information content (AvgIpc) is 3.07. The minimum atomic E-state index is 0.374. The molecule has 0 aliphatic heterocycles. The van der Waals surface area contributed by atoms with E-state index in [2.05, 4.69) is 50.8 Å². The second kappa shape index (κ2) is 5.20. The molecule has 0 aromatic carbocycles. The Kier molecular flexibility index (Phi) is 3.40. The van der Waals surface area contributed by atoms with Crippen LogP contribution in [0.1, 0.15) is 18.2 Å². The number of thiophene rings is 1. The van der Waals surface area contributed by atoms with Gasteiger partial charge in [0, 0.05) is 24.8 Å². The number of anilines is 1. The van der Waals surface area contributed by atoms with Crippen LogP contribution in [0.2, 0.25) is 0 Å². The van der Waals surface area contributed by atoms with Crippen molar-refractivity contribution >= 4 is 22.9 Å². The standard InChI is InChI=1S/C14H17N5S/c1-10-6-13(19-14(17-10)15-9-16-19)18(3)11(2)7-12-4-5-20-8-12/h4-6,8-9,11H,7H2,1-3H3. The first-order valence-electron chi connectivity index (χ1n) is 6.56. The fourth-order valence-electron chi connectivity index (χ4n) is 2.28. The van der Waals surface area contributed by atoms with Crippen LogP contribution in [0.4, 0.5) is 5.82 Å². The van der Waals surface area contributed by atoms with E-state index in [9.17, 15) is 0 Å². The van der Waals surface area contributed by atoms with Crippen LogP contribution in [0.15, 0.2) is 29.2 Å². The molecule has 0 saturated heterocycles. The molecule has 0 radical (unpaired) electrons. The number of hydrogen-bond acceptors (Lipinski definition) is 5. The summed E-state index contributed by atoms with van der Waals surface area (Å²) in [6, 6.07) is 4.60. The van der Waals surface area contributed by atoms with Crippen molar-refractivity contribution in [1.29, 1.82) is 0 Å². The minimum absolute atomic E-state index is 0.374. The lowest BCUT2D eigenvalue weighted by molar-refractivity contribution is 0.663. The van der Waals surface area contributed by atoms with Crippen LogP contribution in [0.5, 0.6) is 0 Å². The highest BCUT2D eigenvalue weighted by molar-refractivity contribution is 7.07. The first kappa shape index (κ1) is 13.1. The third-order valence-electron chi connectivity index (χ3n) is 3.49. The molecular weight excluding hydrogens is 270 g/mol. The first-order valence-corrected chi connectivity index (χ1v) is 7.50. The monoisotopic (exact) mass is 287 g/mol. The second-order valence-electron chi connectivity index (χ2n) is 5.02. The van der Waals surface area contributed by atoms with E-state index in [1.54, 1.807) is 22.2 Å². The van der Waals surface area contributed by atoms with Crippen LogP contribution in [-0.4, -0.2) is 32.7 Å². The highest BCUT2D eigenvalue weighted by atomic mass is 32.1. The molecule has 20 heavy (non-hydrogen) atoms. The predicted octanol–water partition coefficient (Wildman–Crippen LogP) is 2.56. The van der Waals surface area contributed by atoms with Crippen molar-refractivity contribution < 1.29 is 0 Å². The third-order valence-corrected chi connectivity index (χ3v) is 4.23. The van der Waals surface area contributed by atoms with E-state index in [0.717, 1.165) is 17.9 Å². The van der Waals surface area contributed by atoms with Crippen LogP contribution in [-0.2, 0) is 6.42 Å². The minimum Gasteiger partial charge on any atom is -0.356 e. The Morgan fingerprint density at radius 2 is 2.30 bits per heavy atom. The van der Waals surface area contributed by atoms with E-state index in [0.29, 0.717) is 11.8 Å². The van der Waals surface area contributed by atoms with E-state index in [-0.39, 0.29) is 0 Å². The van der Waals surface area contributed by atoms with Gasteiger partial charge in [-0.2, -0.15) is 25.9 Å². The van der Waals surface area contributed by atoms with Gasteiger partial charge in [0.15, 0.2) is 0 Å². The summed E-state index contributed by atoms with van der Waals surface area (Å²) in [5.74, 6) is 1.67. The van der Waals surface area contributed by atoms with Gasteiger partial charge in [-0.05, 0) is 42.7 Å². The van der Waals surface area contributed by atoms with Crippen molar-refractivity contribution in [2.24, 2.45) is 0 Å². The number of hydrogen-bond donors (Lipinski definition) is 0. The third kappa shape index (κ3) is 2.38. The number of aromatic nitrogens is 4. The predicted molar refractivity (Wildman–Crippen MR) is 81.4 cm³/mol. The van der Waals surface area contributed by atoms with Gasteiger partial charge in [-0.3, -0.25) is 0 Å². The van der Waals surface area contributed by atoms with E-state index in [4.69, 9.17) is 0 Å². The molecule has 3 heterocycles. The molecule has 1 unspecified atom stereocenters. The maximum absolute atomic E-state index is 4.38. The summed E-state index contributed by atoms with van der Waals surface area (Å²) in [5.41, 5.74) is 2.32. The quantitative estimate of drug-likeness (QED) is 0.740. The van der Waals surface area contributed by atoms with Crippen molar-refractivity contribution in [3.63, 3.8) is 0 Å². The Hall–Kier alpha value is -1.95. The average molecular weight is 287 g/mol. The van der Waals surface area contributed by atoms with Crippen molar-refractivity contribution in [2.45, 2.75) is 26.3 Å². The van der Waals surface area contributed by atoms with Crippen molar-refractivity contribution in [1.82, 2.24) is 19.6 Å². The number of likely N-dealkylation sites (N-methyl/N-ethyl adjacent to an activating group) is 1. The summed E-state index contributed by atoms with van der Waals surface area (Å²) in [7, 11) is 2.09. The summed E-state index contributed by atoms with van der Waals surface area (Å²) in [4.78, 5) is 10.8. The van der Waals surface area contributed by atoms with Gasteiger partial charge in [-0.1, -0.05) is 0 Å². The van der Waals surface area contributed by atoms with Gasteiger partial charge in [0.2, 0.25) is 0 Å². The van der Waals surface area contributed by atoms with Crippen molar-refractivity contribution in [3.8, 4) is 0 Å². The molecule has 0 amide bonds. The SMILES string of the molecule is Cc1cc(N(C)C(C)Cc2ccsc2)n2ncnc2n1. The molecule has 0 aliphatic rings. The lowest BCUT2D eigenvalue weighted by Gasteiger charge is -2.27. The summed E-state index contributed by atoms with van der Waals surface area (Å²) in [6.45, 7) is 4.20. The topological polar surface area (TPSA) is 46.3 Å². The largest absolute Gasteiger partial charge is 0.356 e. The lowest BCUT2D eigenvalue weighted by Crippen LogP contribution is -2.32. The number of fused-ring (bicyclic) bond motifs is 1. The normalized spacial score (nSPS) is 12.8. The Bertz CT molecular complexity index is 704. The summed E-state index contributed by atoms with van der Waals surface area (Å²) >= 11 is 1.74. The van der Waals surface area contributed by atoms with Gasteiger partial charge >= 0.3 is 0 Å². The number of nitrogens with zero attached hydrogens (tertiary/aromatic N) is 5. The van der Waals surface area contributed by atoms with E-state index in [1.807, 2.05) is 13.0 Å². The Labute approximate surface area is 121 Å². The van der Waals surface area contributed by atoms with Crippen LogP contribution in [0, 0.1) is 6.92 Å². The Morgan fingerprint density at radius 1 is 1.45 bits per heavy atom. The molecule has 0 spiro atoms. The second-order valence-corrected chi connectivity index (χ2v) is 5.80. The molecule has 0 bridgehead atoms. The molecule has 0 saturated carbocycles. The van der Waals surface area contributed by atoms with Crippen LogP contribution in [0.25, 0.3) is 5.78 Å². The van der Waals surface area contributed by atoms with Gasteiger partial charge in [0.05, 0.1) is 0 Å². The Morgan fingerprint density at radius 3 is 3.05 bits per heavy atom. The molecule has 5 nitrogen and oxygen atoms in total. The summed E-state index contributed by atoms with van der Waals surface area (Å²) in [5, 5.41) is 8.58. The first-order chi connectivity index (χ1) is 9.65. The van der Waals surface area contributed by atoms with Gasteiger partial charge in [-0.15, -0.1) is 0 Å². The smallest absolute Gasteiger partial charge is 0.254 e. The van der Waals surface area contributed by atoms with Crippen molar-refractivity contribution in [2.75, 3.05) is 11.9 Å². The van der Waals surface area contributed by atoms with Crippen LogP contribution in [0.3, 0.4) is 0 Å². The molecule has 1 atom stereocenters. The number of aryl methyl sites for hydroxylation is 1. The zero-order valence-corrected chi connectivity index (χ0v) is 12.6. The molecule has 104 valence electrons. The maximum Gasteiger partial charge on any atom is 0.254 e. The van der Waals surface area contributed by atoms with Gasteiger partial charge in [0.25, 0.3) is 5.78 Å². The van der Waals surface area contributed by atoms with E-state index >= 15 is 0 Å². The van der Waals surface area contributed by atoms with E-state index < -0.39 is 0 Å². The van der Waals surface area contributed by atoms with Crippen molar-refractivity contribution in [3.05, 3.63) is 40.5 Å². The molecule has 3 aromatic heterocycles. The summed E-state index contributed by atoms with van der Waals surface area (Å²) < 4.78 is 1.79. The molecule has 3 aromatic rings. The highest BCUT2D eigenvalue weighted by Gasteiger charge is 2.15. The Balaban J connectivity index is 1.91. The molecule has 0 fully saturated rings. The maximum atomic E-state index is 4.38. The summed E-state index contributed by atoms with van der Waals surface area (Å²) in [6.07, 6.45) is 2.56. The fraction of sp³-hybridized carbons (Fsp3) is 0.357. The van der Waals surface area contributed by atoms with Gasteiger partial charge < -0.3 is 4.90 Å². The molecule has 6 heteroatoms. The molecule has 0 N–H and O–H groups in total. The van der Waals surface area contributed by atoms with Gasteiger partial charge in [-0.25, -0.2) is 4.98 Å². The van der Waals surface area contributed by atoms with Crippen LogP contribution >= 0.6 is 11.3 Å². The zero-order valence-electron chi connectivity index (χ0n) is 11.8. The zero-order chi connectivity index (χ0) is 14.1. The lowest BCUT2D eigenvalue weighted by atomic mass is 10.1. The number of rotatable bonds is 4. The van der Waals surface area contributed by atoms with Crippen LogP contribution < -0.4 is 4.90 Å². The molecule has 3 rings (SSSR count). The van der Waals surface area contributed by atoms with E-state index in [1.165, 1.54) is 5.56 Å². The fourth-order valence-corrected chi connectivity index (χ4v) is 2.96. The molecular formula is C14H17N5S. The van der Waals surface area contributed by atoms with Gasteiger partial charge in [0.1, 0.15) is 12.1 Å².